The van der Waals surface area contributed by atoms with Crippen molar-refractivity contribution in [2.45, 2.75) is 25.7 Å². The third kappa shape index (κ3) is 3.19. The van der Waals surface area contributed by atoms with Gasteiger partial charge in [-0.1, -0.05) is 12.8 Å². The van der Waals surface area contributed by atoms with Crippen LogP contribution in [0.1, 0.15) is 36.0 Å². The molecule has 1 aliphatic heterocycles. The van der Waals surface area contributed by atoms with E-state index in [0.717, 1.165) is 31.7 Å². The molecule has 0 aliphatic carbocycles. The maximum Gasteiger partial charge on any atom is 0.335 e. The molecule has 2 rings (SSSR count). The number of anilines is 1. The fraction of sp³-hybridized carbons (Fsp3) is 0.500. The third-order valence-electron chi connectivity index (χ3n) is 2.96. The van der Waals surface area contributed by atoms with E-state index in [-0.39, 0.29) is 5.56 Å². The highest BCUT2D eigenvalue weighted by atomic mass is 79.9. The first-order valence-corrected chi connectivity index (χ1v) is 6.62. The van der Waals surface area contributed by atoms with Crippen LogP contribution in [0, 0.1) is 0 Å². The van der Waals surface area contributed by atoms with Gasteiger partial charge in [0.25, 0.3) is 0 Å². The Bertz CT molecular complexity index is 415. The first kappa shape index (κ1) is 12.4. The first-order valence-electron chi connectivity index (χ1n) is 5.82. The fourth-order valence-corrected chi connectivity index (χ4v) is 2.50. The van der Waals surface area contributed by atoms with E-state index in [0.29, 0.717) is 4.60 Å². The molecule has 0 saturated carbocycles. The van der Waals surface area contributed by atoms with Gasteiger partial charge in [0.2, 0.25) is 0 Å². The predicted molar refractivity (Wildman–Crippen MR) is 69.6 cm³/mol. The van der Waals surface area contributed by atoms with Gasteiger partial charge in [-0.2, -0.15) is 0 Å². The Morgan fingerprint density at radius 2 is 1.88 bits per heavy atom. The quantitative estimate of drug-likeness (QED) is 0.853. The van der Waals surface area contributed by atoms with Crippen LogP contribution in [0.4, 0.5) is 5.82 Å². The van der Waals surface area contributed by atoms with Crippen LogP contribution in [0.5, 0.6) is 0 Å². The summed E-state index contributed by atoms with van der Waals surface area (Å²) < 4.78 is 0.580. The summed E-state index contributed by atoms with van der Waals surface area (Å²) in [5.74, 6) is -0.150. The van der Waals surface area contributed by atoms with Crippen molar-refractivity contribution in [2.75, 3.05) is 18.0 Å². The molecule has 1 fully saturated rings. The normalized spacial score (nSPS) is 16.6. The fourth-order valence-electron chi connectivity index (χ4n) is 2.07. The van der Waals surface area contributed by atoms with Crippen molar-refractivity contribution in [3.63, 3.8) is 0 Å². The molecule has 0 unspecified atom stereocenters. The second kappa shape index (κ2) is 5.49. The molecule has 5 heteroatoms. The lowest BCUT2D eigenvalue weighted by Crippen LogP contribution is -2.25. The summed E-state index contributed by atoms with van der Waals surface area (Å²) in [6.45, 7) is 1.92. The second-order valence-corrected chi connectivity index (χ2v) is 5.06. The van der Waals surface area contributed by atoms with E-state index in [1.807, 2.05) is 0 Å². The summed E-state index contributed by atoms with van der Waals surface area (Å²) in [5.41, 5.74) is 0.283. The van der Waals surface area contributed by atoms with E-state index in [2.05, 4.69) is 25.8 Å². The maximum absolute atomic E-state index is 11.0. The summed E-state index contributed by atoms with van der Waals surface area (Å²) in [6, 6.07) is 3.18. The maximum atomic E-state index is 11.0. The van der Waals surface area contributed by atoms with Gasteiger partial charge < -0.3 is 10.0 Å². The van der Waals surface area contributed by atoms with Crippen LogP contribution in [0.15, 0.2) is 16.7 Å². The van der Waals surface area contributed by atoms with Crippen LogP contribution in [0.3, 0.4) is 0 Å². The summed E-state index contributed by atoms with van der Waals surface area (Å²) in [6.07, 6.45) is 4.79. The Morgan fingerprint density at radius 3 is 2.47 bits per heavy atom. The van der Waals surface area contributed by atoms with E-state index in [4.69, 9.17) is 5.11 Å². The number of pyridine rings is 1. The molecule has 0 aromatic carbocycles. The predicted octanol–water partition coefficient (Wildman–Crippen LogP) is 2.92. The Morgan fingerprint density at radius 1 is 1.24 bits per heavy atom. The number of aromatic nitrogens is 1. The lowest BCUT2D eigenvalue weighted by molar-refractivity contribution is 0.0696. The number of carboxylic acid groups (broad SMARTS) is 1. The molecule has 1 aromatic rings. The molecule has 0 atom stereocenters. The number of nitrogens with zero attached hydrogens (tertiary/aromatic N) is 2. The van der Waals surface area contributed by atoms with E-state index in [9.17, 15) is 4.79 Å². The molecular formula is C12H15BrN2O2. The Labute approximate surface area is 109 Å². The number of aromatic carboxylic acids is 1. The zero-order valence-electron chi connectivity index (χ0n) is 9.53. The molecule has 1 N–H and O–H groups in total. The van der Waals surface area contributed by atoms with Crippen molar-refractivity contribution in [1.29, 1.82) is 0 Å². The van der Waals surface area contributed by atoms with Crippen LogP contribution >= 0.6 is 15.9 Å². The zero-order valence-corrected chi connectivity index (χ0v) is 11.1. The average molecular weight is 299 g/mol. The van der Waals surface area contributed by atoms with Gasteiger partial charge in [0.1, 0.15) is 10.4 Å². The minimum atomic E-state index is -0.913. The Kier molecular flexibility index (Phi) is 3.99. The van der Waals surface area contributed by atoms with Crippen molar-refractivity contribution >= 4 is 27.7 Å². The molecule has 1 aliphatic rings. The minimum absolute atomic E-state index is 0.283. The van der Waals surface area contributed by atoms with Crippen LogP contribution in [0.2, 0.25) is 0 Å². The minimum Gasteiger partial charge on any atom is -0.478 e. The van der Waals surface area contributed by atoms with Crippen LogP contribution in [-0.2, 0) is 0 Å². The molecule has 1 saturated heterocycles. The summed E-state index contributed by atoms with van der Waals surface area (Å²) in [5, 5.41) is 9.02. The van der Waals surface area contributed by atoms with Gasteiger partial charge >= 0.3 is 5.97 Å². The standard InChI is InChI=1S/C12H15BrN2O2/c13-10-7-9(12(16)17)8-11(14-10)15-5-3-1-2-4-6-15/h7-8H,1-6H2,(H,16,17). The van der Waals surface area contributed by atoms with E-state index >= 15 is 0 Å². The molecule has 0 amide bonds. The van der Waals surface area contributed by atoms with Gasteiger partial charge in [-0.05, 0) is 40.9 Å². The van der Waals surface area contributed by atoms with E-state index in [1.165, 1.54) is 18.9 Å². The highest BCUT2D eigenvalue weighted by Crippen LogP contribution is 2.21. The molecule has 92 valence electrons. The molecule has 1 aromatic heterocycles. The summed E-state index contributed by atoms with van der Waals surface area (Å²) in [4.78, 5) is 17.5. The summed E-state index contributed by atoms with van der Waals surface area (Å²) in [7, 11) is 0. The van der Waals surface area contributed by atoms with E-state index < -0.39 is 5.97 Å². The Hall–Kier alpha value is -1.10. The zero-order chi connectivity index (χ0) is 12.3. The van der Waals surface area contributed by atoms with Gasteiger partial charge in [0.15, 0.2) is 0 Å². The molecular weight excluding hydrogens is 284 g/mol. The van der Waals surface area contributed by atoms with Crippen LogP contribution < -0.4 is 4.90 Å². The number of carboxylic acids is 1. The lowest BCUT2D eigenvalue weighted by Gasteiger charge is -2.21. The molecule has 0 bridgehead atoms. The average Bonchev–Trinajstić information content (AvgIpc) is 2.56. The number of rotatable bonds is 2. The van der Waals surface area contributed by atoms with Crippen molar-refractivity contribution < 1.29 is 9.90 Å². The molecule has 0 radical (unpaired) electrons. The van der Waals surface area contributed by atoms with Crippen LogP contribution in [-0.4, -0.2) is 29.1 Å². The number of carbonyl (C=O) groups is 1. The van der Waals surface area contributed by atoms with Crippen molar-refractivity contribution in [3.05, 3.63) is 22.3 Å². The third-order valence-corrected chi connectivity index (χ3v) is 3.36. The highest BCUT2D eigenvalue weighted by Gasteiger charge is 2.14. The van der Waals surface area contributed by atoms with Gasteiger partial charge in [-0.3, -0.25) is 0 Å². The van der Waals surface area contributed by atoms with Gasteiger partial charge in [0, 0.05) is 13.1 Å². The number of hydrogen-bond donors (Lipinski definition) is 1. The second-order valence-electron chi connectivity index (χ2n) is 4.24. The summed E-state index contributed by atoms with van der Waals surface area (Å²) >= 11 is 3.27. The molecule has 0 spiro atoms. The van der Waals surface area contributed by atoms with Gasteiger partial charge in [-0.25, -0.2) is 9.78 Å². The number of halogens is 1. The smallest absolute Gasteiger partial charge is 0.335 e. The van der Waals surface area contributed by atoms with Gasteiger partial charge in [0.05, 0.1) is 5.56 Å². The van der Waals surface area contributed by atoms with Gasteiger partial charge in [-0.15, -0.1) is 0 Å². The van der Waals surface area contributed by atoms with Crippen LogP contribution in [0.25, 0.3) is 0 Å². The number of hydrogen-bond acceptors (Lipinski definition) is 3. The first-order chi connectivity index (χ1) is 8.16. The molecule has 2 heterocycles. The molecule has 17 heavy (non-hydrogen) atoms. The highest BCUT2D eigenvalue weighted by molar-refractivity contribution is 9.10. The van der Waals surface area contributed by atoms with Crippen molar-refractivity contribution in [3.8, 4) is 0 Å². The SMILES string of the molecule is O=C(O)c1cc(Br)nc(N2CCCCCC2)c1. The monoisotopic (exact) mass is 298 g/mol. The Balaban J connectivity index is 2.27. The van der Waals surface area contributed by atoms with E-state index in [1.54, 1.807) is 6.07 Å². The van der Waals surface area contributed by atoms with Crippen molar-refractivity contribution in [2.24, 2.45) is 0 Å². The lowest BCUT2D eigenvalue weighted by atomic mass is 10.2. The molecule has 4 nitrogen and oxygen atoms in total. The largest absolute Gasteiger partial charge is 0.478 e. The van der Waals surface area contributed by atoms with Crippen molar-refractivity contribution in [1.82, 2.24) is 4.98 Å². The topological polar surface area (TPSA) is 53.4 Å².